The van der Waals surface area contributed by atoms with E-state index < -0.39 is 26.3 Å². The van der Waals surface area contributed by atoms with Gasteiger partial charge in [0.25, 0.3) is 0 Å². The normalized spacial score (nSPS) is 12.8. The van der Waals surface area contributed by atoms with Gasteiger partial charge in [0.2, 0.25) is 10.0 Å². The Hall–Kier alpha value is -0.410. The third-order valence-electron chi connectivity index (χ3n) is 1.78. The van der Waals surface area contributed by atoms with Crippen molar-refractivity contribution in [2.24, 2.45) is 0 Å². The number of rotatable bonds is 2. The molecule has 96 valence electrons. The van der Waals surface area contributed by atoms with Crippen molar-refractivity contribution in [1.82, 2.24) is 4.72 Å². The van der Waals surface area contributed by atoms with Crippen LogP contribution in [0.15, 0.2) is 17.0 Å². The first-order valence-electron chi connectivity index (χ1n) is 4.81. The maximum absolute atomic E-state index is 13.6. The van der Waals surface area contributed by atoms with E-state index in [1.807, 2.05) is 22.6 Å². The van der Waals surface area contributed by atoms with Crippen molar-refractivity contribution in [3.63, 3.8) is 0 Å². The molecule has 0 bridgehead atoms. The summed E-state index contributed by atoms with van der Waals surface area (Å²) in [5.74, 6) is -0.805. The Labute approximate surface area is 114 Å². The molecule has 0 saturated heterocycles. The van der Waals surface area contributed by atoms with Crippen LogP contribution in [-0.4, -0.2) is 14.0 Å². The SMILES string of the molecule is CC(C)(C)NS(=O)(=O)c1cc(N)c(I)cc1F. The van der Waals surface area contributed by atoms with Gasteiger partial charge in [-0.2, -0.15) is 0 Å². The summed E-state index contributed by atoms with van der Waals surface area (Å²) in [4.78, 5) is -0.426. The van der Waals surface area contributed by atoms with Crippen LogP contribution in [0.1, 0.15) is 20.8 Å². The zero-order chi connectivity index (χ0) is 13.4. The smallest absolute Gasteiger partial charge is 0.244 e. The van der Waals surface area contributed by atoms with Crippen LogP contribution in [-0.2, 0) is 10.0 Å². The maximum Gasteiger partial charge on any atom is 0.244 e. The monoisotopic (exact) mass is 372 g/mol. The maximum atomic E-state index is 13.6. The molecular formula is C10H14FIN2O2S. The second-order valence-electron chi connectivity index (χ2n) is 4.66. The van der Waals surface area contributed by atoms with Crippen LogP contribution in [0.4, 0.5) is 10.1 Å². The van der Waals surface area contributed by atoms with Crippen molar-refractivity contribution in [3.8, 4) is 0 Å². The number of anilines is 1. The third kappa shape index (κ3) is 3.78. The molecular weight excluding hydrogens is 358 g/mol. The van der Waals surface area contributed by atoms with Gasteiger partial charge in [-0.05, 0) is 55.5 Å². The van der Waals surface area contributed by atoms with Crippen LogP contribution in [0.5, 0.6) is 0 Å². The Morgan fingerprint density at radius 1 is 1.35 bits per heavy atom. The van der Waals surface area contributed by atoms with Crippen LogP contribution in [0.2, 0.25) is 0 Å². The standard InChI is InChI=1S/C10H14FIN2O2S/c1-10(2,3)14-17(15,16)9-5-8(13)7(12)4-6(9)11/h4-5,14H,13H2,1-3H3. The highest BCUT2D eigenvalue weighted by atomic mass is 127. The molecule has 0 aromatic heterocycles. The lowest BCUT2D eigenvalue weighted by Crippen LogP contribution is -2.40. The molecule has 0 amide bonds. The minimum atomic E-state index is -3.90. The molecule has 0 radical (unpaired) electrons. The number of halogens is 2. The van der Waals surface area contributed by atoms with E-state index >= 15 is 0 Å². The van der Waals surface area contributed by atoms with Crippen LogP contribution >= 0.6 is 22.6 Å². The van der Waals surface area contributed by atoms with E-state index in [0.29, 0.717) is 3.57 Å². The zero-order valence-corrected chi connectivity index (χ0v) is 12.7. The molecule has 0 spiro atoms. The molecule has 4 nitrogen and oxygen atoms in total. The van der Waals surface area contributed by atoms with Crippen molar-refractivity contribution >= 4 is 38.3 Å². The molecule has 1 aromatic rings. The van der Waals surface area contributed by atoms with Gasteiger partial charge in [0.1, 0.15) is 10.7 Å². The first-order chi connectivity index (χ1) is 7.53. The zero-order valence-electron chi connectivity index (χ0n) is 9.71. The van der Waals surface area contributed by atoms with E-state index in [1.54, 1.807) is 20.8 Å². The summed E-state index contributed by atoms with van der Waals surface area (Å²) in [6, 6.07) is 2.23. The fourth-order valence-corrected chi connectivity index (χ4v) is 3.15. The van der Waals surface area contributed by atoms with Crippen molar-refractivity contribution in [3.05, 3.63) is 21.5 Å². The Morgan fingerprint density at radius 2 is 1.88 bits per heavy atom. The molecule has 0 fully saturated rings. The van der Waals surface area contributed by atoms with Gasteiger partial charge in [-0.25, -0.2) is 17.5 Å². The molecule has 0 aliphatic heterocycles. The predicted molar refractivity (Wildman–Crippen MR) is 73.6 cm³/mol. The average Bonchev–Trinajstić information content (AvgIpc) is 2.06. The molecule has 1 rings (SSSR count). The number of hydrogen-bond donors (Lipinski definition) is 2. The van der Waals surface area contributed by atoms with Crippen LogP contribution in [0.3, 0.4) is 0 Å². The van der Waals surface area contributed by atoms with E-state index in [9.17, 15) is 12.8 Å². The van der Waals surface area contributed by atoms with Crippen LogP contribution in [0.25, 0.3) is 0 Å². The highest BCUT2D eigenvalue weighted by molar-refractivity contribution is 14.1. The van der Waals surface area contributed by atoms with Crippen molar-refractivity contribution < 1.29 is 12.8 Å². The van der Waals surface area contributed by atoms with Gasteiger partial charge in [-0.1, -0.05) is 0 Å². The lowest BCUT2D eigenvalue weighted by molar-refractivity contribution is 0.486. The number of nitrogens with two attached hydrogens (primary N) is 1. The summed E-state index contributed by atoms with van der Waals surface area (Å²) in [6.07, 6.45) is 0. The summed E-state index contributed by atoms with van der Waals surface area (Å²) in [6.45, 7) is 5.04. The number of hydrogen-bond acceptors (Lipinski definition) is 3. The van der Waals surface area contributed by atoms with E-state index in [2.05, 4.69) is 4.72 Å². The van der Waals surface area contributed by atoms with Crippen molar-refractivity contribution in [2.75, 3.05) is 5.73 Å². The topological polar surface area (TPSA) is 72.2 Å². The van der Waals surface area contributed by atoms with E-state index in [1.165, 1.54) is 0 Å². The third-order valence-corrected chi connectivity index (χ3v) is 4.49. The second-order valence-corrected chi connectivity index (χ2v) is 7.47. The molecule has 0 heterocycles. The Morgan fingerprint density at radius 3 is 2.35 bits per heavy atom. The van der Waals surface area contributed by atoms with Crippen molar-refractivity contribution in [2.45, 2.75) is 31.2 Å². The summed E-state index contributed by atoms with van der Waals surface area (Å²) in [5.41, 5.74) is 5.14. The predicted octanol–water partition coefficient (Wildman–Crippen LogP) is 2.09. The molecule has 0 aliphatic carbocycles. The average molecular weight is 372 g/mol. The van der Waals surface area contributed by atoms with Crippen molar-refractivity contribution in [1.29, 1.82) is 0 Å². The highest BCUT2D eigenvalue weighted by Gasteiger charge is 2.25. The van der Waals surface area contributed by atoms with Gasteiger partial charge in [0.05, 0.1) is 0 Å². The van der Waals surface area contributed by atoms with Gasteiger partial charge in [0.15, 0.2) is 0 Å². The van der Waals surface area contributed by atoms with Crippen LogP contribution in [0, 0.1) is 9.39 Å². The summed E-state index contributed by atoms with van der Waals surface area (Å²) in [7, 11) is -3.90. The first-order valence-corrected chi connectivity index (χ1v) is 7.37. The van der Waals surface area contributed by atoms with E-state index in [-0.39, 0.29) is 5.69 Å². The van der Waals surface area contributed by atoms with E-state index in [4.69, 9.17) is 5.73 Å². The number of nitrogens with one attached hydrogen (secondary N) is 1. The summed E-state index contributed by atoms with van der Waals surface area (Å²) in [5, 5.41) is 0. The number of benzene rings is 1. The fraction of sp³-hybridized carbons (Fsp3) is 0.400. The quantitative estimate of drug-likeness (QED) is 0.617. The fourth-order valence-electron chi connectivity index (χ4n) is 1.21. The lowest BCUT2D eigenvalue weighted by atomic mass is 10.1. The number of nitrogen functional groups attached to an aromatic ring is 1. The number of sulfonamides is 1. The Kier molecular flexibility index (Phi) is 4.04. The Bertz CT molecular complexity index is 538. The summed E-state index contributed by atoms with van der Waals surface area (Å²) < 4.78 is 40.3. The molecule has 1 aromatic carbocycles. The Balaban J connectivity index is 3.30. The largest absolute Gasteiger partial charge is 0.398 e. The van der Waals surface area contributed by atoms with Gasteiger partial charge in [0, 0.05) is 14.8 Å². The molecule has 0 unspecified atom stereocenters. The van der Waals surface area contributed by atoms with Gasteiger partial charge >= 0.3 is 0 Å². The molecule has 7 heteroatoms. The van der Waals surface area contributed by atoms with Gasteiger partial charge < -0.3 is 5.73 Å². The lowest BCUT2D eigenvalue weighted by Gasteiger charge is -2.20. The minimum absolute atomic E-state index is 0.237. The molecule has 0 saturated carbocycles. The highest BCUT2D eigenvalue weighted by Crippen LogP contribution is 2.24. The van der Waals surface area contributed by atoms with Gasteiger partial charge in [-0.3, -0.25) is 0 Å². The molecule has 0 atom stereocenters. The second kappa shape index (κ2) is 4.69. The minimum Gasteiger partial charge on any atom is -0.398 e. The molecule has 0 aliphatic rings. The molecule has 3 N–H and O–H groups in total. The summed E-state index contributed by atoms with van der Waals surface area (Å²) >= 11 is 1.84. The van der Waals surface area contributed by atoms with Crippen LogP contribution < -0.4 is 10.5 Å². The van der Waals surface area contributed by atoms with E-state index in [0.717, 1.165) is 12.1 Å². The van der Waals surface area contributed by atoms with Gasteiger partial charge in [-0.15, -0.1) is 0 Å². The molecule has 17 heavy (non-hydrogen) atoms. The first kappa shape index (κ1) is 14.7.